The van der Waals surface area contributed by atoms with Crippen molar-refractivity contribution in [3.63, 3.8) is 0 Å². The standard InChI is InChI=1S/C18H31N5O2/c1-2-18(14-24)8-12-22(13-9-18)17(25)19-10-7-16-21-20-15-6-4-3-5-11-23(15)16/h24H,2-14H2,1H3,(H,19,25). The van der Waals surface area contributed by atoms with Gasteiger partial charge in [0.2, 0.25) is 0 Å². The summed E-state index contributed by atoms with van der Waals surface area (Å²) in [6, 6.07) is -0.00162. The number of hydrogen-bond acceptors (Lipinski definition) is 4. The van der Waals surface area contributed by atoms with Gasteiger partial charge in [-0.2, -0.15) is 0 Å². The molecule has 0 atom stereocenters. The molecule has 0 spiro atoms. The molecule has 7 nitrogen and oxygen atoms in total. The number of hydrogen-bond donors (Lipinski definition) is 2. The summed E-state index contributed by atoms with van der Waals surface area (Å²) in [6.07, 6.45) is 8.09. The lowest BCUT2D eigenvalue weighted by Crippen LogP contribution is -2.48. The molecule has 2 aliphatic rings. The van der Waals surface area contributed by atoms with Crippen LogP contribution >= 0.6 is 0 Å². The van der Waals surface area contributed by atoms with Gasteiger partial charge in [-0.15, -0.1) is 10.2 Å². The average molecular weight is 349 g/mol. The summed E-state index contributed by atoms with van der Waals surface area (Å²) < 4.78 is 2.23. The van der Waals surface area contributed by atoms with Crippen LogP contribution in [0.2, 0.25) is 0 Å². The van der Waals surface area contributed by atoms with Crippen LogP contribution in [-0.2, 0) is 19.4 Å². The molecule has 7 heteroatoms. The van der Waals surface area contributed by atoms with E-state index in [1.807, 2.05) is 4.90 Å². The third-order valence-electron chi connectivity index (χ3n) is 6.01. The summed E-state index contributed by atoms with van der Waals surface area (Å²) in [7, 11) is 0. The lowest BCUT2D eigenvalue weighted by Gasteiger charge is -2.40. The van der Waals surface area contributed by atoms with E-state index < -0.39 is 0 Å². The number of likely N-dealkylation sites (tertiary alicyclic amines) is 1. The van der Waals surface area contributed by atoms with Crippen molar-refractivity contribution in [1.82, 2.24) is 25.0 Å². The molecule has 2 aliphatic heterocycles. The number of rotatable bonds is 5. The molecule has 0 radical (unpaired) electrons. The smallest absolute Gasteiger partial charge is 0.317 e. The number of aliphatic hydroxyl groups is 1. The summed E-state index contributed by atoms with van der Waals surface area (Å²) in [5, 5.41) is 21.2. The number of aryl methyl sites for hydroxylation is 1. The second kappa shape index (κ2) is 8.17. The topological polar surface area (TPSA) is 83.3 Å². The fraction of sp³-hybridized carbons (Fsp3) is 0.833. The van der Waals surface area contributed by atoms with Crippen LogP contribution in [0.1, 0.15) is 57.1 Å². The zero-order chi connectivity index (χ0) is 17.7. The molecule has 0 aliphatic carbocycles. The highest BCUT2D eigenvalue weighted by Gasteiger charge is 2.33. The van der Waals surface area contributed by atoms with Crippen LogP contribution < -0.4 is 5.32 Å². The summed E-state index contributed by atoms with van der Waals surface area (Å²) in [5.74, 6) is 2.08. The quantitative estimate of drug-likeness (QED) is 0.848. The Morgan fingerprint density at radius 2 is 2.00 bits per heavy atom. The lowest BCUT2D eigenvalue weighted by molar-refractivity contribution is 0.0520. The van der Waals surface area contributed by atoms with Gasteiger partial charge >= 0.3 is 6.03 Å². The highest BCUT2D eigenvalue weighted by molar-refractivity contribution is 5.74. The summed E-state index contributed by atoms with van der Waals surface area (Å²) in [6.45, 7) is 5.37. The molecular weight excluding hydrogens is 318 g/mol. The largest absolute Gasteiger partial charge is 0.396 e. The van der Waals surface area contributed by atoms with Gasteiger partial charge in [-0.3, -0.25) is 0 Å². The van der Waals surface area contributed by atoms with E-state index in [4.69, 9.17) is 0 Å². The molecule has 1 aromatic heterocycles. The predicted molar refractivity (Wildman–Crippen MR) is 95.3 cm³/mol. The van der Waals surface area contributed by atoms with Crippen LogP contribution in [0.5, 0.6) is 0 Å². The number of carbonyl (C=O) groups is 1. The molecule has 3 rings (SSSR count). The van der Waals surface area contributed by atoms with Gasteiger partial charge < -0.3 is 19.9 Å². The van der Waals surface area contributed by atoms with E-state index in [9.17, 15) is 9.90 Å². The monoisotopic (exact) mass is 349 g/mol. The van der Waals surface area contributed by atoms with Gasteiger partial charge in [-0.1, -0.05) is 13.3 Å². The molecule has 1 aromatic rings. The van der Waals surface area contributed by atoms with Gasteiger partial charge in [-0.25, -0.2) is 4.79 Å². The zero-order valence-electron chi connectivity index (χ0n) is 15.3. The van der Waals surface area contributed by atoms with E-state index in [0.717, 1.165) is 63.4 Å². The maximum absolute atomic E-state index is 12.4. The predicted octanol–water partition coefficient (Wildman–Crippen LogP) is 1.74. The number of nitrogens with one attached hydrogen (secondary N) is 1. The van der Waals surface area contributed by atoms with Gasteiger partial charge in [0.1, 0.15) is 11.6 Å². The van der Waals surface area contributed by atoms with Gasteiger partial charge in [0.05, 0.1) is 0 Å². The van der Waals surface area contributed by atoms with Crippen LogP contribution in [0.25, 0.3) is 0 Å². The molecule has 0 unspecified atom stereocenters. The van der Waals surface area contributed by atoms with E-state index in [-0.39, 0.29) is 18.1 Å². The maximum atomic E-state index is 12.4. The Morgan fingerprint density at radius 3 is 2.72 bits per heavy atom. The molecule has 0 saturated carbocycles. The number of fused-ring (bicyclic) bond motifs is 1. The Bertz CT molecular complexity index is 572. The average Bonchev–Trinajstić information content (AvgIpc) is 2.88. The minimum Gasteiger partial charge on any atom is -0.396 e. The first kappa shape index (κ1) is 18.2. The second-order valence-electron chi connectivity index (χ2n) is 7.48. The number of nitrogens with zero attached hydrogens (tertiary/aromatic N) is 4. The molecule has 25 heavy (non-hydrogen) atoms. The molecule has 3 heterocycles. The minimum atomic E-state index is -0.00162. The summed E-state index contributed by atoms with van der Waals surface area (Å²) >= 11 is 0. The number of aromatic nitrogens is 3. The van der Waals surface area contributed by atoms with Crippen molar-refractivity contribution in [3.05, 3.63) is 11.6 Å². The number of carbonyl (C=O) groups excluding carboxylic acids is 1. The first-order valence-corrected chi connectivity index (χ1v) is 9.72. The van der Waals surface area contributed by atoms with Crippen LogP contribution in [0, 0.1) is 5.41 Å². The Labute approximate surface area is 149 Å². The summed E-state index contributed by atoms with van der Waals surface area (Å²) in [5.41, 5.74) is 0.00979. The molecule has 0 bridgehead atoms. The fourth-order valence-corrected chi connectivity index (χ4v) is 3.93. The lowest BCUT2D eigenvalue weighted by atomic mass is 9.77. The van der Waals surface area contributed by atoms with E-state index >= 15 is 0 Å². The maximum Gasteiger partial charge on any atom is 0.317 e. The van der Waals surface area contributed by atoms with E-state index in [1.165, 1.54) is 19.3 Å². The van der Waals surface area contributed by atoms with Crippen molar-refractivity contribution in [2.75, 3.05) is 26.2 Å². The summed E-state index contributed by atoms with van der Waals surface area (Å²) in [4.78, 5) is 14.2. The van der Waals surface area contributed by atoms with Crippen LogP contribution in [0.4, 0.5) is 4.79 Å². The number of piperidine rings is 1. The third-order valence-corrected chi connectivity index (χ3v) is 6.01. The van der Waals surface area contributed by atoms with Crippen molar-refractivity contribution < 1.29 is 9.90 Å². The Kier molecular flexibility index (Phi) is 5.93. The zero-order valence-corrected chi connectivity index (χ0v) is 15.3. The van der Waals surface area contributed by atoms with Crippen LogP contribution in [0.3, 0.4) is 0 Å². The van der Waals surface area contributed by atoms with Gasteiger partial charge in [0.25, 0.3) is 0 Å². The molecule has 2 N–H and O–H groups in total. The minimum absolute atomic E-state index is 0.00162. The third kappa shape index (κ3) is 4.14. The van der Waals surface area contributed by atoms with Crippen molar-refractivity contribution in [2.24, 2.45) is 5.41 Å². The second-order valence-corrected chi connectivity index (χ2v) is 7.48. The van der Waals surface area contributed by atoms with Gasteiger partial charge in [0.15, 0.2) is 0 Å². The normalized spacial score (nSPS) is 20.0. The van der Waals surface area contributed by atoms with Crippen molar-refractivity contribution in [2.45, 2.75) is 64.8 Å². The van der Waals surface area contributed by atoms with Crippen molar-refractivity contribution in [3.8, 4) is 0 Å². The molecule has 1 fully saturated rings. The molecule has 140 valence electrons. The van der Waals surface area contributed by atoms with Crippen LogP contribution in [0.15, 0.2) is 0 Å². The SMILES string of the molecule is CCC1(CO)CCN(C(=O)NCCc2nnc3n2CCCCC3)CC1. The van der Waals surface area contributed by atoms with E-state index in [0.29, 0.717) is 6.54 Å². The van der Waals surface area contributed by atoms with E-state index in [2.05, 4.69) is 27.0 Å². The highest BCUT2D eigenvalue weighted by atomic mass is 16.3. The highest BCUT2D eigenvalue weighted by Crippen LogP contribution is 2.34. The van der Waals surface area contributed by atoms with Crippen molar-refractivity contribution >= 4 is 6.03 Å². The van der Waals surface area contributed by atoms with E-state index in [1.54, 1.807) is 0 Å². The number of aliphatic hydroxyl groups excluding tert-OH is 1. The Hall–Kier alpha value is -1.63. The first-order chi connectivity index (χ1) is 12.2. The molecule has 1 saturated heterocycles. The van der Waals surface area contributed by atoms with Crippen molar-refractivity contribution in [1.29, 1.82) is 0 Å². The molecule has 0 aromatic carbocycles. The first-order valence-electron chi connectivity index (χ1n) is 9.72. The Balaban J connectivity index is 1.45. The number of urea groups is 1. The fourth-order valence-electron chi connectivity index (χ4n) is 3.93. The van der Waals surface area contributed by atoms with Crippen LogP contribution in [-0.4, -0.2) is 57.0 Å². The molecular formula is C18H31N5O2. The van der Waals surface area contributed by atoms with Gasteiger partial charge in [-0.05, 0) is 37.5 Å². The number of amides is 2. The Morgan fingerprint density at radius 1 is 1.20 bits per heavy atom. The molecule has 2 amide bonds. The van der Waals surface area contributed by atoms with Gasteiger partial charge in [0, 0.05) is 45.6 Å².